The third-order valence-corrected chi connectivity index (χ3v) is 4.38. The predicted octanol–water partition coefficient (Wildman–Crippen LogP) is 3.82. The van der Waals surface area contributed by atoms with Crippen LogP contribution >= 0.6 is 11.6 Å². The lowest BCUT2D eigenvalue weighted by Crippen LogP contribution is -2.33. The number of hydrogen-bond acceptors (Lipinski definition) is 5. The molecule has 2 aromatic rings. The fourth-order valence-electron chi connectivity index (χ4n) is 2.58. The lowest BCUT2D eigenvalue weighted by Gasteiger charge is -2.14. The summed E-state index contributed by atoms with van der Waals surface area (Å²) in [6.07, 6.45) is 0. The Bertz CT molecular complexity index is 886. The minimum atomic E-state index is -0.400. The maximum absolute atomic E-state index is 12.4. The average Bonchev–Trinajstić information content (AvgIpc) is 2.70. The smallest absolute Gasteiger partial charge is 0.251 e. The first-order chi connectivity index (χ1) is 13.9. The zero-order chi connectivity index (χ0) is 21.4. The van der Waals surface area contributed by atoms with Gasteiger partial charge in [-0.25, -0.2) is 0 Å². The molecule has 0 atom stereocenters. The highest BCUT2D eigenvalue weighted by Gasteiger charge is 2.14. The zero-order valence-electron chi connectivity index (χ0n) is 16.9. The number of benzene rings is 2. The van der Waals surface area contributed by atoms with Crippen LogP contribution in [0.1, 0.15) is 29.8 Å². The van der Waals surface area contributed by atoms with E-state index < -0.39 is 11.8 Å². The van der Waals surface area contributed by atoms with Crippen molar-refractivity contribution in [2.24, 2.45) is 0 Å². The molecule has 29 heavy (non-hydrogen) atoms. The van der Waals surface area contributed by atoms with Gasteiger partial charge in [-0.1, -0.05) is 11.6 Å². The molecule has 0 aliphatic rings. The Morgan fingerprint density at radius 1 is 1.00 bits per heavy atom. The normalized spacial score (nSPS) is 10.2. The molecule has 2 N–H and O–H groups in total. The van der Waals surface area contributed by atoms with Gasteiger partial charge in [0, 0.05) is 16.7 Å². The van der Waals surface area contributed by atoms with Crippen molar-refractivity contribution in [3.63, 3.8) is 0 Å². The average molecular weight is 421 g/mol. The largest absolute Gasteiger partial charge is 0.495 e. The first kappa shape index (κ1) is 22.4. The van der Waals surface area contributed by atoms with E-state index in [9.17, 15) is 9.59 Å². The molecular weight excluding hydrogens is 396 g/mol. The Balaban J connectivity index is 2.03. The van der Waals surface area contributed by atoms with Crippen molar-refractivity contribution in [2.45, 2.75) is 20.8 Å². The highest BCUT2D eigenvalue weighted by atomic mass is 35.5. The van der Waals surface area contributed by atoms with Crippen LogP contribution in [0.15, 0.2) is 30.3 Å². The van der Waals surface area contributed by atoms with E-state index >= 15 is 0 Å². The molecular formula is C21H25ClN2O5. The Morgan fingerprint density at radius 3 is 2.34 bits per heavy atom. The van der Waals surface area contributed by atoms with E-state index in [2.05, 4.69) is 10.6 Å². The van der Waals surface area contributed by atoms with Crippen molar-refractivity contribution in [3.8, 4) is 17.2 Å². The van der Waals surface area contributed by atoms with Gasteiger partial charge in [0.05, 0.1) is 32.6 Å². The number of ether oxygens (including phenoxy) is 3. The Hall–Kier alpha value is -2.93. The molecule has 0 spiro atoms. The standard InChI is InChI=1S/C21H25ClN2O5/c1-5-28-17-8-7-14(10-19(17)29-6-2)21(26)23-12-20(25)24-16-9-13(3)15(22)11-18(16)27-4/h7-11H,5-6,12H2,1-4H3,(H,23,26)(H,24,25). The van der Waals surface area contributed by atoms with Gasteiger partial charge in [0.2, 0.25) is 5.91 Å². The number of carbonyl (C=O) groups is 2. The van der Waals surface area contributed by atoms with Crippen molar-refractivity contribution in [2.75, 3.05) is 32.2 Å². The van der Waals surface area contributed by atoms with Gasteiger partial charge in [-0.2, -0.15) is 0 Å². The second kappa shape index (κ2) is 10.6. The Kier molecular flexibility index (Phi) is 8.15. The molecule has 0 aromatic heterocycles. The maximum atomic E-state index is 12.4. The van der Waals surface area contributed by atoms with Crippen LogP contribution in [0, 0.1) is 6.92 Å². The molecule has 0 radical (unpaired) electrons. The second-order valence-electron chi connectivity index (χ2n) is 6.06. The molecule has 0 unspecified atom stereocenters. The summed E-state index contributed by atoms with van der Waals surface area (Å²) in [5.41, 5.74) is 1.64. The minimum Gasteiger partial charge on any atom is -0.495 e. The molecule has 0 bridgehead atoms. The summed E-state index contributed by atoms with van der Waals surface area (Å²) < 4.78 is 16.2. The van der Waals surface area contributed by atoms with Gasteiger partial charge in [-0.15, -0.1) is 0 Å². The van der Waals surface area contributed by atoms with Gasteiger partial charge in [-0.3, -0.25) is 9.59 Å². The van der Waals surface area contributed by atoms with Crippen molar-refractivity contribution in [1.29, 1.82) is 0 Å². The number of carbonyl (C=O) groups excluding carboxylic acids is 2. The van der Waals surface area contributed by atoms with E-state index in [4.69, 9.17) is 25.8 Å². The van der Waals surface area contributed by atoms with E-state index in [0.29, 0.717) is 46.7 Å². The van der Waals surface area contributed by atoms with E-state index in [1.54, 1.807) is 30.3 Å². The van der Waals surface area contributed by atoms with Crippen LogP contribution in [0.4, 0.5) is 5.69 Å². The van der Waals surface area contributed by atoms with E-state index in [-0.39, 0.29) is 6.54 Å². The molecule has 7 nitrogen and oxygen atoms in total. The van der Waals surface area contributed by atoms with Crippen LogP contribution in [0.25, 0.3) is 0 Å². The molecule has 0 saturated carbocycles. The molecule has 8 heteroatoms. The number of anilines is 1. The molecule has 2 amide bonds. The first-order valence-corrected chi connectivity index (χ1v) is 9.59. The second-order valence-corrected chi connectivity index (χ2v) is 6.47. The van der Waals surface area contributed by atoms with Crippen molar-refractivity contribution >= 4 is 29.1 Å². The topological polar surface area (TPSA) is 85.9 Å². The fraction of sp³-hybridized carbons (Fsp3) is 0.333. The van der Waals surface area contributed by atoms with Gasteiger partial charge in [-0.05, 0) is 50.6 Å². The number of aryl methyl sites for hydroxylation is 1. The minimum absolute atomic E-state index is 0.207. The molecule has 2 rings (SSSR count). The summed E-state index contributed by atoms with van der Waals surface area (Å²) in [5.74, 6) is 0.688. The summed E-state index contributed by atoms with van der Waals surface area (Å²) in [7, 11) is 1.49. The number of hydrogen-bond donors (Lipinski definition) is 2. The quantitative estimate of drug-likeness (QED) is 0.644. The SMILES string of the molecule is CCOc1ccc(C(=O)NCC(=O)Nc2cc(C)c(Cl)cc2OC)cc1OCC. The molecule has 0 aliphatic heterocycles. The molecule has 0 fully saturated rings. The maximum Gasteiger partial charge on any atom is 0.251 e. The monoisotopic (exact) mass is 420 g/mol. The summed E-state index contributed by atoms with van der Waals surface area (Å²) in [5, 5.41) is 5.84. The number of methoxy groups -OCH3 is 1. The van der Waals surface area contributed by atoms with Crippen LogP contribution in [0.5, 0.6) is 17.2 Å². The van der Waals surface area contributed by atoms with Crippen LogP contribution < -0.4 is 24.8 Å². The van der Waals surface area contributed by atoms with Crippen molar-refractivity contribution in [1.82, 2.24) is 5.32 Å². The Morgan fingerprint density at radius 2 is 1.69 bits per heavy atom. The number of rotatable bonds is 9. The lowest BCUT2D eigenvalue weighted by molar-refractivity contribution is -0.115. The molecule has 0 heterocycles. The lowest BCUT2D eigenvalue weighted by atomic mass is 10.2. The van der Waals surface area contributed by atoms with Crippen LogP contribution in [0.2, 0.25) is 5.02 Å². The summed E-state index contributed by atoms with van der Waals surface area (Å²) in [6.45, 7) is 6.25. The summed E-state index contributed by atoms with van der Waals surface area (Å²) in [6, 6.07) is 8.21. The van der Waals surface area contributed by atoms with E-state index in [0.717, 1.165) is 5.56 Å². The van der Waals surface area contributed by atoms with Gasteiger partial charge in [0.1, 0.15) is 5.75 Å². The molecule has 156 valence electrons. The highest BCUT2D eigenvalue weighted by molar-refractivity contribution is 6.31. The third-order valence-electron chi connectivity index (χ3n) is 3.97. The molecule has 2 aromatic carbocycles. The van der Waals surface area contributed by atoms with Crippen LogP contribution in [-0.4, -0.2) is 38.7 Å². The summed E-state index contributed by atoms with van der Waals surface area (Å²) >= 11 is 6.07. The van der Waals surface area contributed by atoms with E-state index in [1.807, 2.05) is 20.8 Å². The van der Waals surface area contributed by atoms with Crippen LogP contribution in [-0.2, 0) is 4.79 Å². The summed E-state index contributed by atoms with van der Waals surface area (Å²) in [4.78, 5) is 24.7. The molecule has 0 aliphatic carbocycles. The highest BCUT2D eigenvalue weighted by Crippen LogP contribution is 2.31. The fourth-order valence-corrected chi connectivity index (χ4v) is 2.73. The van der Waals surface area contributed by atoms with Gasteiger partial charge in [0.25, 0.3) is 5.91 Å². The predicted molar refractivity (Wildman–Crippen MR) is 112 cm³/mol. The number of nitrogens with one attached hydrogen (secondary N) is 2. The van der Waals surface area contributed by atoms with Gasteiger partial charge >= 0.3 is 0 Å². The Labute approximate surface area is 175 Å². The van der Waals surface area contributed by atoms with E-state index in [1.165, 1.54) is 7.11 Å². The van der Waals surface area contributed by atoms with Crippen molar-refractivity contribution < 1.29 is 23.8 Å². The van der Waals surface area contributed by atoms with Crippen LogP contribution in [0.3, 0.4) is 0 Å². The number of amides is 2. The third kappa shape index (κ3) is 6.02. The number of halogens is 1. The zero-order valence-corrected chi connectivity index (χ0v) is 17.7. The van der Waals surface area contributed by atoms with Gasteiger partial charge < -0.3 is 24.8 Å². The first-order valence-electron chi connectivity index (χ1n) is 9.21. The van der Waals surface area contributed by atoms with Crippen molar-refractivity contribution in [3.05, 3.63) is 46.5 Å². The van der Waals surface area contributed by atoms with Gasteiger partial charge in [0.15, 0.2) is 11.5 Å². The molecule has 0 saturated heterocycles.